The number of rotatable bonds is 3. The molecule has 0 saturated carbocycles. The number of nitrogens with one attached hydrogen (secondary N) is 1. The quantitative estimate of drug-likeness (QED) is 0.673. The lowest BCUT2D eigenvalue weighted by Gasteiger charge is -2.41. The molecule has 0 aliphatic carbocycles. The van der Waals surface area contributed by atoms with E-state index >= 15 is 0 Å². The van der Waals surface area contributed by atoms with Gasteiger partial charge in [0.25, 0.3) is 5.91 Å². The zero-order valence-electron chi connectivity index (χ0n) is 11.3. The van der Waals surface area contributed by atoms with Gasteiger partial charge >= 0.3 is 0 Å². The van der Waals surface area contributed by atoms with Crippen LogP contribution in [0.5, 0.6) is 0 Å². The first kappa shape index (κ1) is 14.6. The number of amides is 3. The van der Waals surface area contributed by atoms with E-state index in [1.807, 2.05) is 13.8 Å². The Morgan fingerprint density at radius 3 is 2.56 bits per heavy atom. The van der Waals surface area contributed by atoms with Crippen molar-refractivity contribution < 1.29 is 14.4 Å². The third-order valence-electron chi connectivity index (χ3n) is 3.59. The first-order valence-corrected chi connectivity index (χ1v) is 6.13. The van der Waals surface area contributed by atoms with E-state index < -0.39 is 23.4 Å². The van der Waals surface area contributed by atoms with Crippen LogP contribution in [0.15, 0.2) is 0 Å². The Hall–Kier alpha value is -1.43. The molecule has 1 aliphatic heterocycles. The highest BCUT2D eigenvalue weighted by Gasteiger charge is 2.45. The lowest BCUT2D eigenvalue weighted by molar-refractivity contribution is -0.156. The third-order valence-corrected chi connectivity index (χ3v) is 3.59. The Bertz CT molecular complexity index is 379. The molecule has 6 heteroatoms. The van der Waals surface area contributed by atoms with Crippen molar-refractivity contribution in [2.24, 2.45) is 11.7 Å². The van der Waals surface area contributed by atoms with Gasteiger partial charge in [-0.25, -0.2) is 0 Å². The minimum atomic E-state index is -1.05. The normalized spacial score (nSPS) is 22.4. The second-order valence-electron chi connectivity index (χ2n) is 5.27. The molecule has 102 valence electrons. The van der Waals surface area contributed by atoms with Gasteiger partial charge in [-0.05, 0) is 19.8 Å². The van der Waals surface area contributed by atoms with Gasteiger partial charge in [0.2, 0.25) is 11.8 Å². The maximum atomic E-state index is 12.3. The largest absolute Gasteiger partial charge is 0.320 e. The molecule has 0 spiro atoms. The monoisotopic (exact) mass is 255 g/mol. The minimum Gasteiger partial charge on any atom is -0.320 e. The molecule has 3 N–H and O–H groups in total. The van der Waals surface area contributed by atoms with Gasteiger partial charge < -0.3 is 10.6 Å². The zero-order chi connectivity index (χ0) is 14.1. The van der Waals surface area contributed by atoms with Crippen LogP contribution in [0.4, 0.5) is 0 Å². The number of nitrogens with two attached hydrogens (primary N) is 1. The molecular formula is C12H21N3O3. The topological polar surface area (TPSA) is 92.5 Å². The van der Waals surface area contributed by atoms with Crippen molar-refractivity contribution in [1.82, 2.24) is 10.2 Å². The third kappa shape index (κ3) is 2.53. The van der Waals surface area contributed by atoms with Gasteiger partial charge in [-0.3, -0.25) is 19.7 Å². The molecule has 3 amide bonds. The predicted molar refractivity (Wildman–Crippen MR) is 66.4 cm³/mol. The molecule has 0 radical (unpaired) electrons. The fraction of sp³-hybridized carbons (Fsp3) is 0.750. The summed E-state index contributed by atoms with van der Waals surface area (Å²) in [7, 11) is 0. The fourth-order valence-corrected chi connectivity index (χ4v) is 1.81. The second-order valence-corrected chi connectivity index (χ2v) is 5.27. The summed E-state index contributed by atoms with van der Waals surface area (Å²) in [6, 6.07) is -0.687. The fourth-order valence-electron chi connectivity index (χ4n) is 1.81. The Morgan fingerprint density at radius 1 is 1.50 bits per heavy atom. The molecule has 2 atom stereocenters. The van der Waals surface area contributed by atoms with Crippen LogP contribution >= 0.6 is 0 Å². The number of carbonyl (C=O) groups is 3. The maximum Gasteiger partial charge on any atom is 0.252 e. The molecule has 1 rings (SSSR count). The molecule has 0 aromatic heterocycles. The van der Waals surface area contributed by atoms with Gasteiger partial charge in [0, 0.05) is 0 Å². The van der Waals surface area contributed by atoms with E-state index in [-0.39, 0.29) is 18.4 Å². The number of hydrogen-bond donors (Lipinski definition) is 2. The van der Waals surface area contributed by atoms with Crippen LogP contribution in [-0.2, 0) is 14.4 Å². The van der Waals surface area contributed by atoms with Gasteiger partial charge in [0.1, 0.15) is 12.1 Å². The summed E-state index contributed by atoms with van der Waals surface area (Å²) >= 11 is 0. The standard InChI is InChI=1S/C12H21N3O3/c1-5-7(2)9(13)10(17)15-6-8(16)14-11(18)12(15,3)4/h7,9H,5-6,13H2,1-4H3,(H,14,16,18)/t7-,9-/m0/s1. The molecule has 1 fully saturated rings. The van der Waals surface area contributed by atoms with Gasteiger partial charge in [-0.1, -0.05) is 20.3 Å². The molecule has 0 aromatic carbocycles. The Balaban J connectivity index is 2.95. The van der Waals surface area contributed by atoms with Gasteiger partial charge in [-0.15, -0.1) is 0 Å². The van der Waals surface area contributed by atoms with Gasteiger partial charge in [0.05, 0.1) is 6.04 Å². The zero-order valence-corrected chi connectivity index (χ0v) is 11.3. The second kappa shape index (κ2) is 5.06. The highest BCUT2D eigenvalue weighted by molar-refractivity contribution is 6.06. The van der Waals surface area contributed by atoms with Gasteiger partial charge in [-0.2, -0.15) is 0 Å². The van der Waals surface area contributed by atoms with E-state index in [0.29, 0.717) is 0 Å². The lowest BCUT2D eigenvalue weighted by atomic mass is 9.93. The van der Waals surface area contributed by atoms with Crippen LogP contribution in [-0.4, -0.2) is 40.7 Å². The van der Waals surface area contributed by atoms with E-state index in [2.05, 4.69) is 5.32 Å². The van der Waals surface area contributed by atoms with Crippen LogP contribution in [0.3, 0.4) is 0 Å². The predicted octanol–water partition coefficient (Wildman–Crippen LogP) is -0.377. The molecule has 1 heterocycles. The van der Waals surface area contributed by atoms with Crippen molar-refractivity contribution in [2.45, 2.75) is 45.7 Å². The molecular weight excluding hydrogens is 234 g/mol. The summed E-state index contributed by atoms with van der Waals surface area (Å²) in [6.45, 7) is 6.91. The highest BCUT2D eigenvalue weighted by Crippen LogP contribution is 2.21. The number of imide groups is 1. The first-order valence-electron chi connectivity index (χ1n) is 6.13. The average Bonchev–Trinajstić information content (AvgIpc) is 2.31. The minimum absolute atomic E-state index is 0.00777. The smallest absolute Gasteiger partial charge is 0.252 e. The molecule has 6 nitrogen and oxygen atoms in total. The summed E-state index contributed by atoms with van der Waals surface area (Å²) < 4.78 is 0. The van der Waals surface area contributed by atoms with Crippen LogP contribution < -0.4 is 11.1 Å². The van der Waals surface area contributed by atoms with E-state index in [1.165, 1.54) is 4.90 Å². The lowest BCUT2D eigenvalue weighted by Crippen LogP contribution is -2.68. The summed E-state index contributed by atoms with van der Waals surface area (Å²) in [6.07, 6.45) is 0.765. The van der Waals surface area contributed by atoms with Crippen molar-refractivity contribution in [3.05, 3.63) is 0 Å². The van der Waals surface area contributed by atoms with E-state index in [1.54, 1.807) is 13.8 Å². The van der Waals surface area contributed by atoms with Gasteiger partial charge in [0.15, 0.2) is 0 Å². The van der Waals surface area contributed by atoms with Crippen molar-refractivity contribution >= 4 is 17.7 Å². The van der Waals surface area contributed by atoms with E-state index in [4.69, 9.17) is 5.73 Å². The van der Waals surface area contributed by atoms with Crippen molar-refractivity contribution in [3.8, 4) is 0 Å². The van der Waals surface area contributed by atoms with Crippen LogP contribution in [0, 0.1) is 5.92 Å². The average molecular weight is 255 g/mol. The van der Waals surface area contributed by atoms with Crippen molar-refractivity contribution in [3.63, 3.8) is 0 Å². The van der Waals surface area contributed by atoms with Crippen LogP contribution in [0.2, 0.25) is 0 Å². The Morgan fingerprint density at radius 2 is 2.06 bits per heavy atom. The highest BCUT2D eigenvalue weighted by atomic mass is 16.2. The molecule has 0 aromatic rings. The summed E-state index contributed by atoms with van der Waals surface area (Å²) in [5.41, 5.74) is 4.83. The van der Waals surface area contributed by atoms with Crippen LogP contribution in [0.1, 0.15) is 34.1 Å². The molecule has 1 aliphatic rings. The maximum absolute atomic E-state index is 12.3. The number of hydrogen-bond acceptors (Lipinski definition) is 4. The Labute approximate surface area is 107 Å². The molecule has 0 unspecified atom stereocenters. The number of carbonyl (C=O) groups excluding carboxylic acids is 3. The van der Waals surface area contributed by atoms with E-state index in [0.717, 1.165) is 6.42 Å². The summed E-state index contributed by atoms with van der Waals surface area (Å²) in [5, 5.41) is 2.22. The van der Waals surface area contributed by atoms with E-state index in [9.17, 15) is 14.4 Å². The van der Waals surface area contributed by atoms with Crippen LogP contribution in [0.25, 0.3) is 0 Å². The molecule has 18 heavy (non-hydrogen) atoms. The summed E-state index contributed by atoms with van der Waals surface area (Å²) in [5.74, 6) is -1.28. The molecule has 0 bridgehead atoms. The molecule has 1 saturated heterocycles. The first-order chi connectivity index (χ1) is 8.21. The van der Waals surface area contributed by atoms with Crippen molar-refractivity contribution in [1.29, 1.82) is 0 Å². The Kier molecular flexibility index (Phi) is 4.11. The SMILES string of the molecule is CC[C@H](C)[C@H](N)C(=O)N1CC(=O)NC(=O)C1(C)C. The number of piperazine rings is 1. The summed E-state index contributed by atoms with van der Waals surface area (Å²) in [4.78, 5) is 36.7. The number of nitrogens with zero attached hydrogens (tertiary/aromatic N) is 1. The van der Waals surface area contributed by atoms with Crippen molar-refractivity contribution in [2.75, 3.05) is 6.54 Å².